The van der Waals surface area contributed by atoms with E-state index in [1.807, 2.05) is 6.07 Å². The van der Waals surface area contributed by atoms with Gasteiger partial charge in [0, 0.05) is 24.0 Å². The monoisotopic (exact) mass is 299 g/mol. The highest BCUT2D eigenvalue weighted by molar-refractivity contribution is 7.05. The number of carbonyl (C=O) groups is 1. The first-order valence-corrected chi connectivity index (χ1v) is 6.51. The van der Waals surface area contributed by atoms with Gasteiger partial charge in [-0.15, -0.1) is 0 Å². The number of nitrogens with one attached hydrogen (secondary N) is 1. The summed E-state index contributed by atoms with van der Waals surface area (Å²) in [6.45, 7) is -2.45. The van der Waals surface area contributed by atoms with E-state index in [0.29, 0.717) is 13.0 Å². The lowest BCUT2D eigenvalue weighted by molar-refractivity contribution is -0.0500. The first-order valence-electron chi connectivity index (χ1n) is 5.74. The number of pyridine rings is 1. The van der Waals surface area contributed by atoms with Crippen molar-refractivity contribution in [2.24, 2.45) is 0 Å². The second-order valence-corrected chi connectivity index (χ2v) is 4.66. The Hall–Kier alpha value is -2.09. The molecule has 20 heavy (non-hydrogen) atoms. The fourth-order valence-electron chi connectivity index (χ4n) is 1.45. The Kier molecular flexibility index (Phi) is 4.94. The van der Waals surface area contributed by atoms with Crippen molar-refractivity contribution in [3.63, 3.8) is 0 Å². The summed E-state index contributed by atoms with van der Waals surface area (Å²) >= 11 is 1.37. The van der Waals surface area contributed by atoms with Gasteiger partial charge in [0.25, 0.3) is 5.91 Å². The van der Waals surface area contributed by atoms with E-state index in [1.165, 1.54) is 23.7 Å². The van der Waals surface area contributed by atoms with Crippen LogP contribution < -0.4 is 10.1 Å². The van der Waals surface area contributed by atoms with Gasteiger partial charge in [0.05, 0.1) is 6.20 Å². The summed E-state index contributed by atoms with van der Waals surface area (Å²) in [7, 11) is 0. The SMILES string of the molecule is O=C(NCCc1ccns1)c1ccc(OC(F)F)cn1. The van der Waals surface area contributed by atoms with Crippen molar-refractivity contribution in [1.82, 2.24) is 14.7 Å². The fraction of sp³-hybridized carbons (Fsp3) is 0.250. The zero-order valence-electron chi connectivity index (χ0n) is 10.3. The third-order valence-corrected chi connectivity index (χ3v) is 3.14. The Morgan fingerprint density at radius 1 is 1.40 bits per heavy atom. The van der Waals surface area contributed by atoms with Crippen LogP contribution >= 0.6 is 11.5 Å². The molecule has 0 aliphatic heterocycles. The van der Waals surface area contributed by atoms with Crippen molar-refractivity contribution in [2.75, 3.05) is 6.54 Å². The van der Waals surface area contributed by atoms with Crippen molar-refractivity contribution >= 4 is 17.4 Å². The first-order chi connectivity index (χ1) is 9.65. The van der Waals surface area contributed by atoms with Gasteiger partial charge in [-0.25, -0.2) is 9.36 Å². The molecule has 2 aromatic heterocycles. The Balaban J connectivity index is 1.82. The fourth-order valence-corrected chi connectivity index (χ4v) is 2.02. The van der Waals surface area contributed by atoms with Crippen LogP contribution in [0.15, 0.2) is 30.6 Å². The second kappa shape index (κ2) is 6.90. The van der Waals surface area contributed by atoms with E-state index in [-0.39, 0.29) is 17.4 Å². The lowest BCUT2D eigenvalue weighted by atomic mass is 10.3. The molecule has 0 fully saturated rings. The quantitative estimate of drug-likeness (QED) is 0.887. The molecule has 8 heteroatoms. The number of hydrogen-bond donors (Lipinski definition) is 1. The van der Waals surface area contributed by atoms with Crippen LogP contribution in [0.4, 0.5) is 8.78 Å². The lowest BCUT2D eigenvalue weighted by Gasteiger charge is -2.05. The Labute approximate surface area is 117 Å². The highest BCUT2D eigenvalue weighted by Gasteiger charge is 2.09. The van der Waals surface area contributed by atoms with Gasteiger partial charge in [-0.05, 0) is 29.7 Å². The standard InChI is InChI=1S/C12H11F2N3O2S/c13-12(14)19-8-1-2-10(16-7-8)11(18)15-5-3-9-4-6-17-20-9/h1-2,4,6-7,12H,3,5H2,(H,15,18). The first kappa shape index (κ1) is 14.3. The van der Waals surface area contributed by atoms with Gasteiger partial charge in [-0.1, -0.05) is 0 Å². The van der Waals surface area contributed by atoms with Gasteiger partial charge < -0.3 is 10.1 Å². The normalized spacial score (nSPS) is 10.6. The summed E-state index contributed by atoms with van der Waals surface area (Å²) in [6, 6.07) is 4.49. The highest BCUT2D eigenvalue weighted by atomic mass is 32.1. The molecule has 0 aliphatic rings. The van der Waals surface area contributed by atoms with Crippen molar-refractivity contribution < 1.29 is 18.3 Å². The Bertz CT molecular complexity index is 546. The number of carbonyl (C=O) groups excluding carboxylic acids is 1. The zero-order chi connectivity index (χ0) is 14.4. The maximum Gasteiger partial charge on any atom is 0.387 e. The van der Waals surface area contributed by atoms with Gasteiger partial charge in [-0.3, -0.25) is 4.79 Å². The molecule has 0 spiro atoms. The van der Waals surface area contributed by atoms with E-state index >= 15 is 0 Å². The van der Waals surface area contributed by atoms with E-state index in [9.17, 15) is 13.6 Å². The van der Waals surface area contributed by atoms with Gasteiger partial charge in [0.1, 0.15) is 11.4 Å². The molecule has 2 aromatic rings. The van der Waals surface area contributed by atoms with Crippen molar-refractivity contribution in [1.29, 1.82) is 0 Å². The maximum absolute atomic E-state index is 11.9. The van der Waals surface area contributed by atoms with Gasteiger partial charge >= 0.3 is 6.61 Å². The molecule has 0 saturated carbocycles. The van der Waals surface area contributed by atoms with Gasteiger partial charge in [0.15, 0.2) is 0 Å². The van der Waals surface area contributed by atoms with E-state index in [0.717, 1.165) is 11.1 Å². The molecule has 1 N–H and O–H groups in total. The largest absolute Gasteiger partial charge is 0.433 e. The number of nitrogens with zero attached hydrogens (tertiary/aromatic N) is 2. The molecular weight excluding hydrogens is 288 g/mol. The third-order valence-electron chi connectivity index (χ3n) is 2.34. The molecule has 0 aromatic carbocycles. The minimum Gasteiger partial charge on any atom is -0.433 e. The summed E-state index contributed by atoms with van der Waals surface area (Å²) in [4.78, 5) is 16.6. The number of hydrogen-bond acceptors (Lipinski definition) is 5. The Morgan fingerprint density at radius 2 is 2.25 bits per heavy atom. The van der Waals surface area contributed by atoms with Gasteiger partial charge in [-0.2, -0.15) is 8.78 Å². The lowest BCUT2D eigenvalue weighted by Crippen LogP contribution is -2.26. The number of halogens is 2. The van der Waals surface area contributed by atoms with E-state index < -0.39 is 6.61 Å². The average molecular weight is 299 g/mol. The topological polar surface area (TPSA) is 64.1 Å². The van der Waals surface area contributed by atoms with Gasteiger partial charge in [0.2, 0.25) is 0 Å². The molecule has 2 rings (SSSR count). The summed E-state index contributed by atoms with van der Waals surface area (Å²) in [5.74, 6) is -0.445. The minimum absolute atomic E-state index is 0.0822. The van der Waals surface area contributed by atoms with Crippen LogP contribution in [0, 0.1) is 0 Å². The van der Waals surface area contributed by atoms with Crippen molar-refractivity contribution in [3.05, 3.63) is 41.2 Å². The number of aromatic nitrogens is 2. The highest BCUT2D eigenvalue weighted by Crippen LogP contribution is 2.12. The van der Waals surface area contributed by atoms with Crippen LogP contribution in [0.3, 0.4) is 0 Å². The van der Waals surface area contributed by atoms with Crippen LogP contribution in [0.25, 0.3) is 0 Å². The molecule has 0 radical (unpaired) electrons. The zero-order valence-corrected chi connectivity index (χ0v) is 11.1. The van der Waals surface area contributed by atoms with Crippen LogP contribution in [-0.2, 0) is 6.42 Å². The molecule has 0 unspecified atom stereocenters. The number of rotatable bonds is 6. The minimum atomic E-state index is -2.91. The molecule has 106 valence electrons. The predicted molar refractivity (Wildman–Crippen MR) is 69.0 cm³/mol. The summed E-state index contributed by atoms with van der Waals surface area (Å²) in [6.07, 6.45) is 3.47. The summed E-state index contributed by atoms with van der Waals surface area (Å²) < 4.78 is 32.0. The molecule has 2 heterocycles. The summed E-state index contributed by atoms with van der Waals surface area (Å²) in [5.41, 5.74) is 0.149. The predicted octanol–water partition coefficient (Wildman–Crippen LogP) is 2.11. The molecule has 0 bridgehead atoms. The van der Waals surface area contributed by atoms with Crippen LogP contribution in [0.5, 0.6) is 5.75 Å². The van der Waals surface area contributed by atoms with E-state index in [4.69, 9.17) is 0 Å². The average Bonchev–Trinajstić information content (AvgIpc) is 2.92. The Morgan fingerprint density at radius 3 is 2.85 bits per heavy atom. The smallest absolute Gasteiger partial charge is 0.387 e. The van der Waals surface area contributed by atoms with Crippen LogP contribution in [-0.4, -0.2) is 28.4 Å². The number of ether oxygens (including phenoxy) is 1. The molecule has 1 amide bonds. The van der Waals surface area contributed by atoms with Crippen molar-refractivity contribution in [2.45, 2.75) is 13.0 Å². The molecule has 0 saturated heterocycles. The molecule has 0 aliphatic carbocycles. The molecule has 5 nitrogen and oxygen atoms in total. The molecule has 0 atom stereocenters. The van der Waals surface area contributed by atoms with E-state index in [2.05, 4.69) is 19.4 Å². The number of alkyl halides is 2. The van der Waals surface area contributed by atoms with Crippen LogP contribution in [0.1, 0.15) is 15.4 Å². The van der Waals surface area contributed by atoms with Crippen LogP contribution in [0.2, 0.25) is 0 Å². The summed E-state index contributed by atoms with van der Waals surface area (Å²) in [5, 5.41) is 2.69. The third kappa shape index (κ3) is 4.23. The maximum atomic E-state index is 11.9. The van der Waals surface area contributed by atoms with Crippen molar-refractivity contribution in [3.8, 4) is 5.75 Å². The number of amides is 1. The van der Waals surface area contributed by atoms with E-state index in [1.54, 1.807) is 6.20 Å². The second-order valence-electron chi connectivity index (χ2n) is 3.74. The molecular formula is C12H11F2N3O2S.